The molecule has 0 amide bonds. The largest absolute Gasteiger partial charge is 0.359 e. The van der Waals surface area contributed by atoms with Crippen LogP contribution in [0.15, 0.2) is 25.1 Å². The van der Waals surface area contributed by atoms with E-state index in [9.17, 15) is 8.42 Å². The van der Waals surface area contributed by atoms with Crippen molar-refractivity contribution in [2.75, 3.05) is 25.5 Å². The van der Waals surface area contributed by atoms with Crippen molar-refractivity contribution in [2.45, 2.75) is 12.8 Å². The van der Waals surface area contributed by atoms with E-state index in [0.29, 0.717) is 6.42 Å². The number of hydrogen-bond donors (Lipinski definition) is 1. The van der Waals surface area contributed by atoms with Gasteiger partial charge in [-0.05, 0) is 12.8 Å². The smallest absolute Gasteiger partial charge is 0.264 e. The van der Waals surface area contributed by atoms with Crippen molar-refractivity contribution in [2.24, 2.45) is 0 Å². The van der Waals surface area contributed by atoms with E-state index in [1.54, 1.807) is 0 Å². The quantitative estimate of drug-likeness (QED) is 0.410. The Morgan fingerprint density at radius 3 is 2.62 bits per heavy atom. The van der Waals surface area contributed by atoms with Crippen LogP contribution in [0.5, 0.6) is 0 Å². The molecule has 0 unspecified atom stereocenters. The highest BCUT2D eigenvalue weighted by atomic mass is 32.2. The van der Waals surface area contributed by atoms with Gasteiger partial charge >= 0.3 is 0 Å². The first-order valence-corrected chi connectivity index (χ1v) is 6.84. The summed E-state index contributed by atoms with van der Waals surface area (Å²) in [6, 6.07) is 0. The van der Waals surface area contributed by atoms with Gasteiger partial charge in [-0.25, -0.2) is 0 Å². The molecule has 1 aliphatic heterocycles. The van der Waals surface area contributed by atoms with Crippen LogP contribution in [0.2, 0.25) is 0 Å². The van der Waals surface area contributed by atoms with Crippen molar-refractivity contribution in [1.29, 1.82) is 0 Å². The van der Waals surface area contributed by atoms with E-state index in [4.69, 9.17) is 4.55 Å². The summed E-state index contributed by atoms with van der Waals surface area (Å²) in [5.41, 5.74) is 0. The summed E-state index contributed by atoms with van der Waals surface area (Å²) < 4.78 is 29.5. The molecular formula is C10H18N2O3S. The zero-order valence-electron chi connectivity index (χ0n) is 9.25. The molecule has 0 saturated carbocycles. The zero-order valence-corrected chi connectivity index (χ0v) is 10.1. The van der Waals surface area contributed by atoms with E-state index in [1.807, 2.05) is 18.5 Å². The summed E-state index contributed by atoms with van der Waals surface area (Å²) in [6.45, 7) is 6.10. The van der Waals surface area contributed by atoms with Gasteiger partial charge in [-0.2, -0.15) is 8.42 Å². The van der Waals surface area contributed by atoms with Crippen molar-refractivity contribution >= 4 is 10.1 Å². The fourth-order valence-corrected chi connectivity index (χ4v) is 2.11. The molecule has 1 aliphatic rings. The molecule has 5 nitrogen and oxygen atoms in total. The molecule has 0 saturated heterocycles. The summed E-state index contributed by atoms with van der Waals surface area (Å²) in [6.07, 6.45) is 7.06. The van der Waals surface area contributed by atoms with Crippen LogP contribution < -0.4 is 0 Å². The lowest BCUT2D eigenvalue weighted by atomic mass is 10.3. The van der Waals surface area contributed by atoms with E-state index in [1.165, 1.54) is 0 Å². The molecule has 0 atom stereocenters. The molecule has 92 valence electrons. The second-order valence-corrected chi connectivity index (χ2v) is 5.38. The predicted molar refractivity (Wildman–Crippen MR) is 63.3 cm³/mol. The lowest BCUT2D eigenvalue weighted by Crippen LogP contribution is -2.26. The lowest BCUT2D eigenvalue weighted by molar-refractivity contribution is 0.278. The van der Waals surface area contributed by atoms with Crippen molar-refractivity contribution in [3.63, 3.8) is 0 Å². The maximum absolute atomic E-state index is 10.5. The topological polar surface area (TPSA) is 60.9 Å². The van der Waals surface area contributed by atoms with Crippen LogP contribution in [-0.4, -0.2) is 48.3 Å². The molecule has 0 bridgehead atoms. The molecule has 6 heteroatoms. The molecule has 0 fully saturated rings. The first-order chi connectivity index (χ1) is 7.51. The Morgan fingerprint density at radius 1 is 1.31 bits per heavy atom. The van der Waals surface area contributed by atoms with Gasteiger partial charge in [0.1, 0.15) is 0 Å². The molecule has 0 radical (unpaired) electrons. The predicted octanol–water partition coefficient (Wildman–Crippen LogP) is 0.887. The normalized spacial score (nSPS) is 15.8. The fourth-order valence-electron chi connectivity index (χ4n) is 1.55. The first kappa shape index (κ1) is 13.1. The van der Waals surface area contributed by atoms with Crippen LogP contribution in [-0.2, 0) is 10.1 Å². The van der Waals surface area contributed by atoms with Gasteiger partial charge < -0.3 is 9.80 Å². The molecule has 1 rings (SSSR count). The van der Waals surface area contributed by atoms with E-state index in [0.717, 1.165) is 26.2 Å². The van der Waals surface area contributed by atoms with E-state index in [2.05, 4.69) is 16.4 Å². The molecule has 1 heterocycles. The van der Waals surface area contributed by atoms with Crippen LogP contribution >= 0.6 is 0 Å². The molecule has 0 spiro atoms. The minimum absolute atomic E-state index is 0.152. The Morgan fingerprint density at radius 2 is 2.00 bits per heavy atom. The highest BCUT2D eigenvalue weighted by molar-refractivity contribution is 7.85. The van der Waals surface area contributed by atoms with Crippen molar-refractivity contribution in [1.82, 2.24) is 9.80 Å². The molecule has 1 N–H and O–H groups in total. The SMILES string of the molecule is C=CCN1C=CN(CCCCS(=O)(=O)O)C1. The van der Waals surface area contributed by atoms with Gasteiger partial charge in [0.25, 0.3) is 10.1 Å². The van der Waals surface area contributed by atoms with Gasteiger partial charge in [-0.3, -0.25) is 4.55 Å². The van der Waals surface area contributed by atoms with Gasteiger partial charge in [0.05, 0.1) is 12.4 Å². The fraction of sp³-hybridized carbons (Fsp3) is 0.600. The number of rotatable bonds is 7. The van der Waals surface area contributed by atoms with Crippen molar-refractivity contribution in [3.8, 4) is 0 Å². The third-order valence-corrected chi connectivity index (χ3v) is 3.12. The van der Waals surface area contributed by atoms with Gasteiger partial charge in [0.15, 0.2) is 0 Å². The summed E-state index contributed by atoms with van der Waals surface area (Å²) in [7, 11) is -3.80. The van der Waals surface area contributed by atoms with E-state index < -0.39 is 10.1 Å². The minimum Gasteiger partial charge on any atom is -0.359 e. The second-order valence-electron chi connectivity index (χ2n) is 3.81. The maximum Gasteiger partial charge on any atom is 0.264 e. The average molecular weight is 246 g/mol. The highest BCUT2D eigenvalue weighted by Gasteiger charge is 2.10. The maximum atomic E-state index is 10.5. The molecule has 0 aromatic carbocycles. The Kier molecular flexibility index (Phi) is 4.82. The monoisotopic (exact) mass is 246 g/mol. The van der Waals surface area contributed by atoms with Crippen molar-refractivity contribution in [3.05, 3.63) is 25.1 Å². The molecule has 0 aliphatic carbocycles. The third kappa shape index (κ3) is 5.18. The highest BCUT2D eigenvalue weighted by Crippen LogP contribution is 2.07. The first-order valence-electron chi connectivity index (χ1n) is 5.24. The number of hydrogen-bond acceptors (Lipinski definition) is 4. The standard InChI is InChI=1S/C10H18N2O3S/c1-2-5-11-7-8-12(10-11)6-3-4-9-16(13,14)15/h2,7-8H,1,3-6,9-10H2,(H,13,14,15). The van der Waals surface area contributed by atoms with Crippen LogP contribution in [0, 0.1) is 0 Å². The molecule has 0 aromatic heterocycles. The van der Waals surface area contributed by atoms with Crippen LogP contribution in [0.4, 0.5) is 0 Å². The molecular weight excluding hydrogens is 228 g/mol. The summed E-state index contributed by atoms with van der Waals surface area (Å²) in [5, 5.41) is 0. The van der Waals surface area contributed by atoms with Crippen molar-refractivity contribution < 1.29 is 13.0 Å². The van der Waals surface area contributed by atoms with Gasteiger partial charge in [-0.15, -0.1) is 6.58 Å². The molecule has 16 heavy (non-hydrogen) atoms. The third-order valence-electron chi connectivity index (χ3n) is 2.31. The Balaban J connectivity index is 2.12. The molecule has 0 aromatic rings. The van der Waals surface area contributed by atoms with Crippen LogP contribution in [0.3, 0.4) is 0 Å². The van der Waals surface area contributed by atoms with Gasteiger partial charge in [0, 0.05) is 25.5 Å². The number of nitrogens with zero attached hydrogens (tertiary/aromatic N) is 2. The summed E-state index contributed by atoms with van der Waals surface area (Å²) in [4.78, 5) is 4.21. The van der Waals surface area contributed by atoms with Gasteiger partial charge in [-0.1, -0.05) is 6.08 Å². The average Bonchev–Trinajstić information content (AvgIpc) is 2.60. The lowest BCUT2D eigenvalue weighted by Gasteiger charge is -2.19. The Labute approximate surface area is 96.8 Å². The summed E-state index contributed by atoms with van der Waals surface area (Å²) >= 11 is 0. The Bertz CT molecular complexity index is 351. The van der Waals surface area contributed by atoms with E-state index >= 15 is 0 Å². The van der Waals surface area contributed by atoms with E-state index in [-0.39, 0.29) is 5.75 Å². The zero-order chi connectivity index (χ0) is 12.0. The van der Waals surface area contributed by atoms with Crippen LogP contribution in [0.25, 0.3) is 0 Å². The summed E-state index contributed by atoms with van der Waals surface area (Å²) in [5.74, 6) is -0.152. The van der Waals surface area contributed by atoms with Gasteiger partial charge in [0.2, 0.25) is 0 Å². The van der Waals surface area contributed by atoms with Crippen LogP contribution in [0.1, 0.15) is 12.8 Å². The second kappa shape index (κ2) is 5.91. The Hall–Kier alpha value is -1.01. The minimum atomic E-state index is -3.80. The number of unbranched alkanes of at least 4 members (excludes halogenated alkanes) is 1.